The zero-order valence-corrected chi connectivity index (χ0v) is 22.9. The Morgan fingerprint density at radius 3 is 2.51 bits per heavy atom. The summed E-state index contributed by atoms with van der Waals surface area (Å²) in [5, 5.41) is 4.52. The third-order valence-corrected chi connectivity index (χ3v) is 9.26. The van der Waals surface area contributed by atoms with Crippen molar-refractivity contribution in [3.63, 3.8) is 0 Å². The third-order valence-electron chi connectivity index (χ3n) is 7.92. The van der Waals surface area contributed by atoms with Crippen LogP contribution in [0, 0.1) is 13.8 Å². The van der Waals surface area contributed by atoms with Crippen molar-refractivity contribution < 1.29 is 4.79 Å². The van der Waals surface area contributed by atoms with E-state index >= 15 is 0 Å². The molecule has 5 nitrogen and oxygen atoms in total. The van der Waals surface area contributed by atoms with E-state index in [0.29, 0.717) is 6.54 Å². The largest absolute Gasteiger partial charge is 0.378 e. The van der Waals surface area contributed by atoms with E-state index in [2.05, 4.69) is 97.5 Å². The number of carbonyl (C=O) groups is 1. The first kappa shape index (κ1) is 23.9. The maximum Gasteiger partial charge on any atom is 0.322 e. The average Bonchev–Trinajstić information content (AvgIpc) is 3.48. The van der Waals surface area contributed by atoms with E-state index in [0.717, 1.165) is 35.5 Å². The molecule has 190 valence electrons. The monoisotopic (exact) mass is 510 g/mol. The van der Waals surface area contributed by atoms with Gasteiger partial charge in [-0.15, -0.1) is 11.3 Å². The fraction of sp³-hybridized carbons (Fsp3) is 0.323. The first-order chi connectivity index (χ1) is 17.9. The summed E-state index contributed by atoms with van der Waals surface area (Å²) >= 11 is 1.92. The molecule has 4 aromatic rings. The van der Waals surface area contributed by atoms with Crippen LogP contribution < -0.4 is 10.2 Å². The number of hydrogen-bond donors (Lipinski definition) is 1. The number of rotatable bonds is 3. The summed E-state index contributed by atoms with van der Waals surface area (Å²) in [6.45, 7) is 4.78. The molecule has 2 aliphatic rings. The molecule has 6 heteroatoms. The summed E-state index contributed by atoms with van der Waals surface area (Å²) in [6.07, 6.45) is 6.89. The van der Waals surface area contributed by atoms with Crippen LogP contribution in [0.1, 0.15) is 57.3 Å². The molecule has 2 aromatic heterocycles. The van der Waals surface area contributed by atoms with Crippen LogP contribution in [0.15, 0.2) is 60.8 Å². The number of amides is 2. The van der Waals surface area contributed by atoms with Crippen LogP contribution >= 0.6 is 11.3 Å². The molecule has 2 aromatic carbocycles. The van der Waals surface area contributed by atoms with Crippen LogP contribution in [-0.2, 0) is 19.4 Å². The lowest BCUT2D eigenvalue weighted by molar-refractivity contribution is 0.194. The molecule has 1 aliphatic heterocycles. The fourth-order valence-corrected chi connectivity index (χ4v) is 7.11. The molecule has 1 N–H and O–H groups in total. The number of aromatic nitrogens is 1. The Morgan fingerprint density at radius 2 is 1.76 bits per heavy atom. The zero-order valence-electron chi connectivity index (χ0n) is 22.0. The van der Waals surface area contributed by atoms with Gasteiger partial charge in [0.15, 0.2) is 0 Å². The normalized spacial score (nSPS) is 16.4. The predicted molar refractivity (Wildman–Crippen MR) is 153 cm³/mol. The minimum absolute atomic E-state index is 0.0682. The minimum Gasteiger partial charge on any atom is -0.378 e. The standard InChI is InChI=1S/C31H34N4OS/c1-20-11-14-23(18-21(20)2)32-31(36)35-19-26-25-8-5-6-10-28(25)37-30(26)34-17-7-9-27(34)29(35)22-12-15-24(16-13-22)33(3)4/h7,9,11-18,29H,5-6,8,10,19H2,1-4H3,(H,32,36). The van der Waals surface area contributed by atoms with Crippen molar-refractivity contribution in [2.24, 2.45) is 0 Å². The SMILES string of the molecule is Cc1ccc(NC(=O)N2Cc3c(sc4c3CCCC4)-n3cccc3C2c2ccc(N(C)C)cc2)cc1C. The Kier molecular flexibility index (Phi) is 6.07. The number of carbonyl (C=O) groups excluding carboxylic acids is 1. The number of hydrogen-bond acceptors (Lipinski definition) is 3. The Hall–Kier alpha value is -3.51. The van der Waals surface area contributed by atoms with Crippen molar-refractivity contribution >= 4 is 28.7 Å². The molecule has 1 atom stereocenters. The predicted octanol–water partition coefficient (Wildman–Crippen LogP) is 7.24. The lowest BCUT2D eigenvalue weighted by atomic mass is 9.95. The number of nitrogens with one attached hydrogen (secondary N) is 1. The summed E-state index contributed by atoms with van der Waals surface area (Å²) in [5.74, 6) is 0. The molecule has 0 saturated heterocycles. The zero-order chi connectivity index (χ0) is 25.7. The Morgan fingerprint density at radius 1 is 0.973 bits per heavy atom. The van der Waals surface area contributed by atoms with Crippen molar-refractivity contribution in [2.45, 2.75) is 52.1 Å². The highest BCUT2D eigenvalue weighted by atomic mass is 32.1. The van der Waals surface area contributed by atoms with Crippen LogP contribution in [0.2, 0.25) is 0 Å². The van der Waals surface area contributed by atoms with Gasteiger partial charge < -0.3 is 19.7 Å². The van der Waals surface area contributed by atoms with Gasteiger partial charge in [-0.1, -0.05) is 18.2 Å². The molecule has 0 fully saturated rings. The molecule has 37 heavy (non-hydrogen) atoms. The van der Waals surface area contributed by atoms with E-state index < -0.39 is 0 Å². The van der Waals surface area contributed by atoms with Crippen LogP contribution in [0.25, 0.3) is 5.00 Å². The van der Waals surface area contributed by atoms with Crippen molar-refractivity contribution in [1.29, 1.82) is 0 Å². The molecular weight excluding hydrogens is 476 g/mol. The molecule has 2 amide bonds. The van der Waals surface area contributed by atoms with E-state index in [1.807, 2.05) is 22.3 Å². The highest BCUT2D eigenvalue weighted by Crippen LogP contribution is 2.44. The Bertz CT molecular complexity index is 1460. The summed E-state index contributed by atoms with van der Waals surface area (Å²) in [5.41, 5.74) is 9.41. The Balaban J connectivity index is 1.47. The van der Waals surface area contributed by atoms with Crippen LogP contribution in [0.5, 0.6) is 0 Å². The lowest BCUT2D eigenvalue weighted by Crippen LogP contribution is -2.38. The average molecular weight is 511 g/mol. The van der Waals surface area contributed by atoms with E-state index in [1.54, 1.807) is 0 Å². The van der Waals surface area contributed by atoms with Gasteiger partial charge in [-0.2, -0.15) is 0 Å². The molecule has 3 heterocycles. The van der Waals surface area contributed by atoms with E-state index in [1.165, 1.54) is 45.0 Å². The van der Waals surface area contributed by atoms with E-state index in [9.17, 15) is 4.79 Å². The van der Waals surface area contributed by atoms with Crippen LogP contribution in [0.4, 0.5) is 16.2 Å². The molecule has 1 unspecified atom stereocenters. The summed E-state index contributed by atoms with van der Waals surface area (Å²) < 4.78 is 2.34. The Labute approximate surface area is 223 Å². The topological polar surface area (TPSA) is 40.5 Å². The van der Waals surface area contributed by atoms with Gasteiger partial charge in [0.05, 0.1) is 18.3 Å². The minimum atomic E-state index is -0.198. The second kappa shape index (κ2) is 9.42. The summed E-state index contributed by atoms with van der Waals surface area (Å²) in [7, 11) is 4.10. The smallest absolute Gasteiger partial charge is 0.322 e. The molecule has 6 rings (SSSR count). The fourth-order valence-electron chi connectivity index (χ4n) is 5.71. The van der Waals surface area contributed by atoms with Crippen molar-refractivity contribution in [2.75, 3.05) is 24.3 Å². The highest BCUT2D eigenvalue weighted by molar-refractivity contribution is 7.15. The number of anilines is 2. The maximum absolute atomic E-state index is 14.1. The maximum atomic E-state index is 14.1. The second-order valence-corrected chi connectivity index (χ2v) is 11.6. The van der Waals surface area contributed by atoms with Gasteiger partial charge in [0.2, 0.25) is 0 Å². The van der Waals surface area contributed by atoms with Gasteiger partial charge >= 0.3 is 6.03 Å². The van der Waals surface area contributed by atoms with Gasteiger partial charge in [0, 0.05) is 42.1 Å². The number of thiophene rings is 1. The third kappa shape index (κ3) is 4.23. The van der Waals surface area contributed by atoms with Gasteiger partial charge in [-0.3, -0.25) is 0 Å². The summed E-state index contributed by atoms with van der Waals surface area (Å²) in [6, 6.07) is 18.8. The molecule has 0 bridgehead atoms. The summed E-state index contributed by atoms with van der Waals surface area (Å²) in [4.78, 5) is 19.8. The first-order valence-corrected chi connectivity index (χ1v) is 14.0. The van der Waals surface area contributed by atoms with Crippen LogP contribution in [-0.4, -0.2) is 29.6 Å². The van der Waals surface area contributed by atoms with Crippen molar-refractivity contribution in [3.05, 3.63) is 99.2 Å². The van der Waals surface area contributed by atoms with Gasteiger partial charge in [0.25, 0.3) is 0 Å². The van der Waals surface area contributed by atoms with E-state index in [-0.39, 0.29) is 12.1 Å². The number of benzene rings is 2. The van der Waals surface area contributed by atoms with Crippen LogP contribution in [0.3, 0.4) is 0 Å². The number of nitrogens with zero attached hydrogens (tertiary/aromatic N) is 3. The highest BCUT2D eigenvalue weighted by Gasteiger charge is 2.36. The van der Waals surface area contributed by atoms with Gasteiger partial charge in [0.1, 0.15) is 5.00 Å². The molecule has 1 aliphatic carbocycles. The molecule has 0 radical (unpaired) electrons. The number of aryl methyl sites for hydroxylation is 3. The second-order valence-electron chi connectivity index (χ2n) is 10.5. The van der Waals surface area contributed by atoms with Gasteiger partial charge in [-0.25, -0.2) is 4.79 Å². The van der Waals surface area contributed by atoms with Crippen molar-refractivity contribution in [1.82, 2.24) is 9.47 Å². The molecule has 0 spiro atoms. The lowest BCUT2D eigenvalue weighted by Gasteiger charge is -2.32. The quantitative estimate of drug-likeness (QED) is 0.316. The van der Waals surface area contributed by atoms with E-state index in [4.69, 9.17) is 0 Å². The van der Waals surface area contributed by atoms with Crippen molar-refractivity contribution in [3.8, 4) is 5.00 Å². The first-order valence-electron chi connectivity index (χ1n) is 13.1. The van der Waals surface area contributed by atoms with Gasteiger partial charge in [-0.05, 0) is 98.2 Å². The molecular formula is C31H34N4OS. The molecule has 0 saturated carbocycles. The number of fused-ring (bicyclic) bond motifs is 5. The number of urea groups is 1.